The lowest BCUT2D eigenvalue weighted by Crippen LogP contribution is -3.28. The minimum Gasteiger partial charge on any atom is -0.379 e. The van der Waals surface area contributed by atoms with Crippen molar-refractivity contribution < 1.29 is 28.5 Å². The third-order valence-electron chi connectivity index (χ3n) is 4.69. The summed E-state index contributed by atoms with van der Waals surface area (Å²) in [5.41, 5.74) is 0.476. The molecular weight excluding hydrogens is 363 g/mol. The highest BCUT2D eigenvalue weighted by Crippen LogP contribution is 2.08. The van der Waals surface area contributed by atoms with Crippen LogP contribution in [-0.4, -0.2) is 70.3 Å². The SMILES string of the molecule is CC(C)OCCCNC(=O)C[NH+]1CC[NH+](CC(=O)Nc2cccc(F)c2)CC1. The van der Waals surface area contributed by atoms with E-state index < -0.39 is 0 Å². The average Bonchev–Trinajstić information content (AvgIpc) is 2.63. The summed E-state index contributed by atoms with van der Waals surface area (Å²) in [6, 6.07) is 5.90. The van der Waals surface area contributed by atoms with E-state index in [4.69, 9.17) is 4.74 Å². The molecule has 1 heterocycles. The van der Waals surface area contributed by atoms with E-state index in [0.717, 1.165) is 32.6 Å². The molecule has 2 amide bonds. The molecule has 0 aliphatic carbocycles. The number of hydrogen-bond acceptors (Lipinski definition) is 3. The average molecular weight is 397 g/mol. The molecule has 1 aliphatic heterocycles. The Morgan fingerprint density at radius 3 is 2.36 bits per heavy atom. The number of carbonyl (C=O) groups excluding carboxylic acids is 2. The summed E-state index contributed by atoms with van der Waals surface area (Å²) in [6.45, 7) is 9.48. The topological polar surface area (TPSA) is 76.3 Å². The zero-order chi connectivity index (χ0) is 20.4. The molecule has 156 valence electrons. The van der Waals surface area contributed by atoms with Gasteiger partial charge in [0, 0.05) is 18.8 Å². The van der Waals surface area contributed by atoms with E-state index in [9.17, 15) is 14.0 Å². The first-order valence-corrected chi connectivity index (χ1v) is 10.0. The molecule has 1 aliphatic rings. The minimum absolute atomic E-state index is 0.0619. The zero-order valence-electron chi connectivity index (χ0n) is 16.9. The molecule has 0 aromatic heterocycles. The van der Waals surface area contributed by atoms with Crippen LogP contribution in [0.3, 0.4) is 0 Å². The molecule has 28 heavy (non-hydrogen) atoms. The maximum absolute atomic E-state index is 13.2. The van der Waals surface area contributed by atoms with Crippen molar-refractivity contribution in [1.29, 1.82) is 0 Å². The van der Waals surface area contributed by atoms with Crippen LogP contribution in [0.25, 0.3) is 0 Å². The van der Waals surface area contributed by atoms with Gasteiger partial charge in [0.05, 0.1) is 6.10 Å². The molecule has 0 spiro atoms. The van der Waals surface area contributed by atoms with Gasteiger partial charge in [0.2, 0.25) is 0 Å². The van der Waals surface area contributed by atoms with Crippen LogP contribution in [0, 0.1) is 5.82 Å². The third-order valence-corrected chi connectivity index (χ3v) is 4.69. The summed E-state index contributed by atoms with van der Waals surface area (Å²) >= 11 is 0. The van der Waals surface area contributed by atoms with Crippen LogP contribution in [0.1, 0.15) is 20.3 Å². The molecule has 0 radical (unpaired) electrons. The van der Waals surface area contributed by atoms with Gasteiger partial charge in [0.1, 0.15) is 32.0 Å². The third kappa shape index (κ3) is 8.77. The van der Waals surface area contributed by atoms with Gasteiger partial charge in [-0.1, -0.05) is 6.07 Å². The second-order valence-corrected chi connectivity index (χ2v) is 7.54. The molecule has 1 saturated heterocycles. The van der Waals surface area contributed by atoms with E-state index in [1.807, 2.05) is 13.8 Å². The second kappa shape index (κ2) is 11.7. The molecule has 1 aromatic rings. The smallest absolute Gasteiger partial charge is 0.279 e. The van der Waals surface area contributed by atoms with Crippen LogP contribution in [-0.2, 0) is 14.3 Å². The molecule has 1 fully saturated rings. The molecule has 0 saturated carbocycles. The Kier molecular flexibility index (Phi) is 9.33. The highest BCUT2D eigenvalue weighted by Gasteiger charge is 2.26. The number of carbonyl (C=O) groups is 2. The van der Waals surface area contributed by atoms with Gasteiger partial charge in [-0.15, -0.1) is 0 Å². The lowest BCUT2D eigenvalue weighted by Gasteiger charge is -2.29. The van der Waals surface area contributed by atoms with Gasteiger partial charge in [-0.3, -0.25) is 9.59 Å². The first kappa shape index (κ1) is 22.3. The van der Waals surface area contributed by atoms with Gasteiger partial charge in [0.15, 0.2) is 13.1 Å². The first-order valence-electron chi connectivity index (χ1n) is 10.0. The van der Waals surface area contributed by atoms with Crippen molar-refractivity contribution in [2.24, 2.45) is 0 Å². The second-order valence-electron chi connectivity index (χ2n) is 7.54. The minimum atomic E-state index is -0.368. The quantitative estimate of drug-likeness (QED) is 0.363. The number of rotatable bonds is 10. The number of piperazine rings is 1. The maximum atomic E-state index is 13.2. The van der Waals surface area contributed by atoms with E-state index >= 15 is 0 Å². The monoisotopic (exact) mass is 396 g/mol. The van der Waals surface area contributed by atoms with Crippen LogP contribution < -0.4 is 20.4 Å². The zero-order valence-corrected chi connectivity index (χ0v) is 16.9. The van der Waals surface area contributed by atoms with Crippen molar-refractivity contribution in [2.75, 3.05) is 57.7 Å². The van der Waals surface area contributed by atoms with E-state index in [0.29, 0.717) is 31.9 Å². The van der Waals surface area contributed by atoms with Gasteiger partial charge in [0.25, 0.3) is 11.8 Å². The van der Waals surface area contributed by atoms with Crippen LogP contribution in [0.5, 0.6) is 0 Å². The lowest BCUT2D eigenvalue weighted by atomic mass is 10.3. The van der Waals surface area contributed by atoms with Gasteiger partial charge < -0.3 is 25.2 Å². The fraction of sp³-hybridized carbons (Fsp3) is 0.600. The van der Waals surface area contributed by atoms with Gasteiger partial charge in [-0.25, -0.2) is 4.39 Å². The number of nitrogens with one attached hydrogen (secondary N) is 4. The molecule has 4 N–H and O–H groups in total. The van der Waals surface area contributed by atoms with Crippen molar-refractivity contribution in [1.82, 2.24) is 5.32 Å². The van der Waals surface area contributed by atoms with Crippen LogP contribution in [0.15, 0.2) is 24.3 Å². The lowest BCUT2D eigenvalue weighted by molar-refractivity contribution is -1.00. The predicted octanol–water partition coefficient (Wildman–Crippen LogP) is -1.52. The number of quaternary nitrogens is 2. The molecule has 7 nitrogen and oxygen atoms in total. The Bertz CT molecular complexity index is 634. The normalized spacial score (nSPS) is 19.4. The van der Waals surface area contributed by atoms with Crippen LogP contribution in [0.2, 0.25) is 0 Å². The number of hydrogen-bond donors (Lipinski definition) is 4. The number of amides is 2. The van der Waals surface area contributed by atoms with Crippen LogP contribution in [0.4, 0.5) is 10.1 Å². The maximum Gasteiger partial charge on any atom is 0.279 e. The molecule has 2 rings (SSSR count). The largest absolute Gasteiger partial charge is 0.379 e. The van der Waals surface area contributed by atoms with Crippen molar-refractivity contribution in [3.8, 4) is 0 Å². The highest BCUT2D eigenvalue weighted by atomic mass is 19.1. The number of ether oxygens (including phenoxy) is 1. The Hall–Kier alpha value is -2.03. The van der Waals surface area contributed by atoms with E-state index in [-0.39, 0.29) is 23.7 Å². The Morgan fingerprint density at radius 2 is 1.75 bits per heavy atom. The number of halogens is 1. The standard InChI is InChI=1S/C20H31FN4O3/c1-16(2)28-12-4-7-22-19(26)14-24-8-10-25(11-9-24)15-20(27)23-18-6-3-5-17(21)13-18/h3,5-6,13,16H,4,7-12,14-15H2,1-2H3,(H,22,26)(H,23,27)/p+2. The molecule has 0 unspecified atom stereocenters. The molecular formula is C20H33FN4O3+2. The van der Waals surface area contributed by atoms with Crippen molar-refractivity contribution in [2.45, 2.75) is 26.4 Å². The fourth-order valence-electron chi connectivity index (χ4n) is 3.22. The predicted molar refractivity (Wildman–Crippen MR) is 105 cm³/mol. The number of anilines is 1. The van der Waals surface area contributed by atoms with Crippen molar-refractivity contribution >= 4 is 17.5 Å². The number of benzene rings is 1. The molecule has 1 aromatic carbocycles. The first-order chi connectivity index (χ1) is 13.4. The summed E-state index contributed by atoms with van der Waals surface area (Å²) in [7, 11) is 0. The van der Waals surface area contributed by atoms with Gasteiger partial charge in [-0.2, -0.15) is 0 Å². The van der Waals surface area contributed by atoms with Crippen LogP contribution >= 0.6 is 0 Å². The summed E-state index contributed by atoms with van der Waals surface area (Å²) in [4.78, 5) is 26.6. The summed E-state index contributed by atoms with van der Waals surface area (Å²) in [5.74, 6) is -0.426. The Balaban J connectivity index is 1.59. The molecule has 0 bridgehead atoms. The van der Waals surface area contributed by atoms with Crippen molar-refractivity contribution in [3.63, 3.8) is 0 Å². The molecule has 8 heteroatoms. The molecule has 0 atom stereocenters. The Morgan fingerprint density at radius 1 is 1.11 bits per heavy atom. The summed E-state index contributed by atoms with van der Waals surface area (Å²) in [6.07, 6.45) is 1.03. The van der Waals surface area contributed by atoms with E-state index in [1.165, 1.54) is 21.9 Å². The summed E-state index contributed by atoms with van der Waals surface area (Å²) < 4.78 is 18.6. The fourth-order valence-corrected chi connectivity index (χ4v) is 3.22. The van der Waals surface area contributed by atoms with Crippen molar-refractivity contribution in [3.05, 3.63) is 30.1 Å². The van der Waals surface area contributed by atoms with Gasteiger partial charge in [-0.05, 0) is 38.5 Å². The van der Waals surface area contributed by atoms with E-state index in [2.05, 4.69) is 10.6 Å². The Labute approximate surface area is 166 Å². The highest BCUT2D eigenvalue weighted by molar-refractivity contribution is 5.91. The van der Waals surface area contributed by atoms with Gasteiger partial charge >= 0.3 is 0 Å². The van der Waals surface area contributed by atoms with E-state index in [1.54, 1.807) is 12.1 Å². The summed E-state index contributed by atoms with van der Waals surface area (Å²) in [5, 5.41) is 5.67.